The molecule has 0 saturated carbocycles. The smallest absolute Gasteiger partial charge is 0.309 e. The normalized spacial score (nSPS) is 11.8. The average molecular weight is 314 g/mol. The molecule has 1 aromatic rings. The van der Waals surface area contributed by atoms with Crippen LogP contribution in [0, 0.1) is 5.41 Å². The fourth-order valence-corrected chi connectivity index (χ4v) is 2.13. The van der Waals surface area contributed by atoms with Crippen molar-refractivity contribution in [2.45, 2.75) is 20.3 Å². The lowest BCUT2D eigenvalue weighted by Gasteiger charge is -2.19. The van der Waals surface area contributed by atoms with Crippen molar-refractivity contribution in [2.75, 3.05) is 16.3 Å². The van der Waals surface area contributed by atoms with Crippen LogP contribution in [0.15, 0.2) is 24.3 Å². The second-order valence-corrected chi connectivity index (χ2v) is 7.08. The van der Waals surface area contributed by atoms with Crippen molar-refractivity contribution in [2.24, 2.45) is 5.41 Å². The van der Waals surface area contributed by atoms with E-state index in [9.17, 15) is 18.0 Å². The summed E-state index contributed by atoms with van der Waals surface area (Å²) < 4.78 is 24.8. The van der Waals surface area contributed by atoms with Gasteiger partial charge in [0, 0.05) is 6.42 Å². The molecule has 0 saturated heterocycles. The average Bonchev–Trinajstić information content (AvgIpc) is 2.28. The maximum Gasteiger partial charge on any atom is 0.309 e. The molecule has 8 heteroatoms. The van der Waals surface area contributed by atoms with Gasteiger partial charge in [0.05, 0.1) is 23.0 Å². The van der Waals surface area contributed by atoms with Crippen LogP contribution >= 0.6 is 0 Å². The highest BCUT2D eigenvalue weighted by Crippen LogP contribution is 2.25. The van der Waals surface area contributed by atoms with Crippen LogP contribution < -0.4 is 10.0 Å². The predicted octanol–water partition coefficient (Wildman–Crippen LogP) is 1.50. The monoisotopic (exact) mass is 314 g/mol. The topological polar surface area (TPSA) is 113 Å². The number of carbonyl (C=O) groups excluding carboxylic acids is 1. The Kier molecular flexibility index (Phi) is 4.95. The Labute approximate surface area is 123 Å². The minimum absolute atomic E-state index is 0.224. The van der Waals surface area contributed by atoms with E-state index in [1.54, 1.807) is 12.1 Å². The standard InChI is InChI=1S/C13H18N2O5S/c1-13(2,12(17)18)8-11(16)14-9-6-4-5-7-10(9)15-21(3,19)20/h4-7,15H,8H2,1-3H3,(H,14,16)(H,17,18). The number of hydrogen-bond acceptors (Lipinski definition) is 4. The molecule has 0 unspecified atom stereocenters. The van der Waals surface area contributed by atoms with Gasteiger partial charge in [0.25, 0.3) is 0 Å². The number of carbonyl (C=O) groups is 2. The van der Waals surface area contributed by atoms with Gasteiger partial charge in [-0.05, 0) is 26.0 Å². The van der Waals surface area contributed by atoms with Crippen molar-refractivity contribution in [1.29, 1.82) is 0 Å². The molecule has 1 aromatic carbocycles. The van der Waals surface area contributed by atoms with E-state index in [2.05, 4.69) is 10.0 Å². The quantitative estimate of drug-likeness (QED) is 0.736. The van der Waals surface area contributed by atoms with E-state index in [1.165, 1.54) is 26.0 Å². The number of benzene rings is 1. The summed E-state index contributed by atoms with van der Waals surface area (Å²) in [7, 11) is -3.48. The molecule has 0 aliphatic carbocycles. The summed E-state index contributed by atoms with van der Waals surface area (Å²) >= 11 is 0. The Bertz CT molecular complexity index is 652. The number of nitrogens with one attached hydrogen (secondary N) is 2. The minimum atomic E-state index is -3.48. The summed E-state index contributed by atoms with van der Waals surface area (Å²) in [5.74, 6) is -1.59. The van der Waals surface area contributed by atoms with Gasteiger partial charge in [0.2, 0.25) is 15.9 Å². The molecule has 0 aliphatic heterocycles. The number of sulfonamides is 1. The van der Waals surface area contributed by atoms with Crippen LogP contribution in [0.4, 0.5) is 11.4 Å². The largest absolute Gasteiger partial charge is 0.481 e. The van der Waals surface area contributed by atoms with E-state index in [4.69, 9.17) is 5.11 Å². The van der Waals surface area contributed by atoms with Gasteiger partial charge in [-0.2, -0.15) is 0 Å². The summed E-state index contributed by atoms with van der Waals surface area (Å²) in [6.45, 7) is 2.88. The summed E-state index contributed by atoms with van der Waals surface area (Å²) in [5.41, 5.74) is -0.709. The molecule has 0 aromatic heterocycles. The number of amides is 1. The van der Waals surface area contributed by atoms with Gasteiger partial charge in [0.1, 0.15) is 0 Å². The molecule has 0 fully saturated rings. The molecule has 7 nitrogen and oxygen atoms in total. The van der Waals surface area contributed by atoms with Crippen LogP contribution in [-0.4, -0.2) is 31.7 Å². The van der Waals surface area contributed by atoms with Crippen LogP contribution in [0.2, 0.25) is 0 Å². The Hall–Kier alpha value is -2.09. The maximum absolute atomic E-state index is 11.9. The SMILES string of the molecule is CC(C)(CC(=O)Nc1ccccc1NS(C)(=O)=O)C(=O)O. The fourth-order valence-electron chi connectivity index (χ4n) is 1.55. The lowest BCUT2D eigenvalue weighted by Crippen LogP contribution is -2.29. The first-order valence-corrected chi connectivity index (χ1v) is 8.00. The lowest BCUT2D eigenvalue weighted by molar-refractivity contribution is -0.148. The zero-order valence-electron chi connectivity index (χ0n) is 12.0. The van der Waals surface area contributed by atoms with Crippen molar-refractivity contribution in [3.63, 3.8) is 0 Å². The van der Waals surface area contributed by atoms with Crippen LogP contribution in [0.25, 0.3) is 0 Å². The van der Waals surface area contributed by atoms with Gasteiger partial charge < -0.3 is 10.4 Å². The first-order chi connectivity index (χ1) is 9.51. The Morgan fingerprint density at radius 3 is 2.19 bits per heavy atom. The van der Waals surface area contributed by atoms with E-state index >= 15 is 0 Å². The minimum Gasteiger partial charge on any atom is -0.481 e. The molecule has 0 heterocycles. The van der Waals surface area contributed by atoms with Crippen LogP contribution in [0.5, 0.6) is 0 Å². The molecule has 116 valence electrons. The number of hydrogen-bond donors (Lipinski definition) is 3. The number of aliphatic carboxylic acids is 1. The molecule has 0 aliphatic rings. The molecule has 1 amide bonds. The Balaban J connectivity index is 2.89. The van der Waals surface area contributed by atoms with Gasteiger partial charge in [-0.25, -0.2) is 8.42 Å². The first-order valence-electron chi connectivity index (χ1n) is 6.11. The van der Waals surface area contributed by atoms with Gasteiger partial charge in [-0.1, -0.05) is 12.1 Å². The molecule has 0 bridgehead atoms. The number of carboxylic acids is 1. The number of anilines is 2. The lowest BCUT2D eigenvalue weighted by atomic mass is 9.89. The van der Waals surface area contributed by atoms with Crippen molar-refractivity contribution in [1.82, 2.24) is 0 Å². The summed E-state index contributed by atoms with van der Waals surface area (Å²) in [5, 5.41) is 11.5. The Morgan fingerprint density at radius 2 is 1.71 bits per heavy atom. The number of rotatable bonds is 6. The fraction of sp³-hybridized carbons (Fsp3) is 0.385. The van der Waals surface area contributed by atoms with E-state index in [0.717, 1.165) is 6.26 Å². The highest BCUT2D eigenvalue weighted by molar-refractivity contribution is 7.92. The zero-order valence-corrected chi connectivity index (χ0v) is 12.8. The zero-order chi connectivity index (χ0) is 16.3. The second kappa shape index (κ2) is 6.13. The van der Waals surface area contributed by atoms with Gasteiger partial charge >= 0.3 is 5.97 Å². The molecule has 0 atom stereocenters. The van der Waals surface area contributed by atoms with Gasteiger partial charge in [0.15, 0.2) is 0 Å². The highest BCUT2D eigenvalue weighted by Gasteiger charge is 2.30. The summed E-state index contributed by atoms with van der Waals surface area (Å²) in [6, 6.07) is 6.27. The molecular weight excluding hydrogens is 296 g/mol. The summed E-state index contributed by atoms with van der Waals surface area (Å²) in [6.07, 6.45) is 0.773. The van der Waals surface area contributed by atoms with Crippen LogP contribution in [-0.2, 0) is 19.6 Å². The van der Waals surface area contributed by atoms with E-state index in [-0.39, 0.29) is 17.8 Å². The van der Waals surface area contributed by atoms with Gasteiger partial charge in [-0.3, -0.25) is 14.3 Å². The molecule has 0 radical (unpaired) electrons. The van der Waals surface area contributed by atoms with E-state index in [1.807, 2.05) is 0 Å². The molecule has 0 spiro atoms. The van der Waals surface area contributed by atoms with Gasteiger partial charge in [-0.15, -0.1) is 0 Å². The van der Waals surface area contributed by atoms with Crippen LogP contribution in [0.1, 0.15) is 20.3 Å². The Morgan fingerprint density at radius 1 is 1.19 bits per heavy atom. The predicted molar refractivity (Wildman–Crippen MR) is 79.6 cm³/mol. The molecule has 21 heavy (non-hydrogen) atoms. The van der Waals surface area contributed by atoms with Crippen molar-refractivity contribution in [3.8, 4) is 0 Å². The molecular formula is C13H18N2O5S. The van der Waals surface area contributed by atoms with Crippen molar-refractivity contribution < 1.29 is 23.1 Å². The molecule has 3 N–H and O–H groups in total. The number of carboxylic acid groups (broad SMARTS) is 1. The first kappa shape index (κ1) is 17.0. The van der Waals surface area contributed by atoms with E-state index in [0.29, 0.717) is 0 Å². The van der Waals surface area contributed by atoms with Crippen molar-refractivity contribution in [3.05, 3.63) is 24.3 Å². The second-order valence-electron chi connectivity index (χ2n) is 5.33. The number of para-hydroxylation sites is 2. The highest BCUT2D eigenvalue weighted by atomic mass is 32.2. The molecule has 1 rings (SSSR count). The maximum atomic E-state index is 11.9. The third-order valence-corrected chi connectivity index (χ3v) is 3.27. The third-order valence-electron chi connectivity index (χ3n) is 2.68. The summed E-state index contributed by atoms with van der Waals surface area (Å²) in [4.78, 5) is 22.9. The van der Waals surface area contributed by atoms with Crippen LogP contribution in [0.3, 0.4) is 0 Å². The van der Waals surface area contributed by atoms with Crippen molar-refractivity contribution >= 4 is 33.3 Å². The van der Waals surface area contributed by atoms with E-state index < -0.39 is 27.3 Å². The third kappa shape index (κ3) is 5.42.